The fourth-order valence-electron chi connectivity index (χ4n) is 2.39. The summed E-state index contributed by atoms with van der Waals surface area (Å²) in [6.45, 7) is 2.01. The second-order valence-corrected chi connectivity index (χ2v) is 4.28. The van der Waals surface area contributed by atoms with Gasteiger partial charge in [0.15, 0.2) is 5.76 Å². The zero-order valence-corrected chi connectivity index (χ0v) is 9.93. The number of rotatable bonds is 2. The maximum atomic E-state index is 12.1. The molecule has 0 fully saturated rings. The quantitative estimate of drug-likeness (QED) is 0.601. The van der Waals surface area contributed by atoms with Crippen LogP contribution in [-0.4, -0.2) is 18.4 Å². The lowest BCUT2D eigenvalue weighted by atomic mass is 10.0. The molecule has 4 nitrogen and oxygen atoms in total. The van der Waals surface area contributed by atoms with Crippen molar-refractivity contribution in [1.82, 2.24) is 0 Å². The van der Waals surface area contributed by atoms with Gasteiger partial charge in [-0.1, -0.05) is 18.2 Å². The van der Waals surface area contributed by atoms with Crippen LogP contribution in [0.25, 0.3) is 11.0 Å². The first-order valence-corrected chi connectivity index (χ1v) is 5.93. The number of carbonyl (C=O) groups excluding carboxylic acids is 2. The minimum Gasteiger partial charge on any atom is -0.465 e. The van der Waals surface area contributed by atoms with E-state index in [1.54, 1.807) is 6.92 Å². The van der Waals surface area contributed by atoms with Gasteiger partial charge in [0.05, 0.1) is 6.61 Å². The smallest absolute Gasteiger partial charge is 0.317 e. The standard InChI is InChI=1S/C14H12O4/c1-2-17-14(16)10-7-9-8-5-3-4-6-11(8)18-13(9)12(10)15/h3-6,10H,2,7H2,1H3. The van der Waals surface area contributed by atoms with E-state index in [9.17, 15) is 9.59 Å². The molecule has 3 rings (SSSR count). The first-order valence-electron chi connectivity index (χ1n) is 5.93. The molecule has 1 aromatic carbocycles. The lowest BCUT2D eigenvalue weighted by Crippen LogP contribution is -2.23. The molecule has 0 amide bonds. The Bertz CT molecular complexity index is 638. The Labute approximate surface area is 104 Å². The summed E-state index contributed by atoms with van der Waals surface area (Å²) in [6.07, 6.45) is 0.379. The third-order valence-corrected chi connectivity index (χ3v) is 3.22. The van der Waals surface area contributed by atoms with Crippen LogP contribution in [0.5, 0.6) is 0 Å². The molecule has 2 aromatic rings. The summed E-state index contributed by atoms with van der Waals surface area (Å²) in [6, 6.07) is 7.47. The summed E-state index contributed by atoms with van der Waals surface area (Å²) in [7, 11) is 0. The molecule has 0 saturated carbocycles. The van der Waals surface area contributed by atoms with Crippen LogP contribution in [0.3, 0.4) is 0 Å². The highest BCUT2D eigenvalue weighted by Gasteiger charge is 2.40. The molecule has 1 atom stereocenters. The van der Waals surface area contributed by atoms with Crippen LogP contribution in [0.15, 0.2) is 28.7 Å². The molecular weight excluding hydrogens is 232 g/mol. The van der Waals surface area contributed by atoms with Gasteiger partial charge in [-0.2, -0.15) is 0 Å². The van der Waals surface area contributed by atoms with E-state index < -0.39 is 11.9 Å². The van der Waals surface area contributed by atoms with Crippen LogP contribution < -0.4 is 0 Å². The van der Waals surface area contributed by atoms with Gasteiger partial charge in [0, 0.05) is 10.9 Å². The molecule has 0 N–H and O–H groups in total. The van der Waals surface area contributed by atoms with Gasteiger partial charge in [-0.05, 0) is 19.4 Å². The third kappa shape index (κ3) is 1.45. The molecule has 4 heteroatoms. The third-order valence-electron chi connectivity index (χ3n) is 3.22. The molecule has 1 unspecified atom stereocenters. The largest absolute Gasteiger partial charge is 0.465 e. The highest BCUT2D eigenvalue weighted by atomic mass is 16.5. The maximum Gasteiger partial charge on any atom is 0.317 e. The van der Waals surface area contributed by atoms with Crippen LogP contribution in [0.4, 0.5) is 0 Å². The predicted molar refractivity (Wildman–Crippen MR) is 64.4 cm³/mol. The van der Waals surface area contributed by atoms with Gasteiger partial charge in [-0.15, -0.1) is 0 Å². The molecule has 1 aromatic heterocycles. The second-order valence-electron chi connectivity index (χ2n) is 4.28. The average molecular weight is 244 g/mol. The number of ether oxygens (including phenoxy) is 1. The number of fused-ring (bicyclic) bond motifs is 3. The molecule has 1 aliphatic carbocycles. The second kappa shape index (κ2) is 3.98. The zero-order valence-electron chi connectivity index (χ0n) is 9.93. The molecule has 0 bridgehead atoms. The van der Waals surface area contributed by atoms with Crippen LogP contribution in [0, 0.1) is 5.92 Å². The Kier molecular flexibility index (Phi) is 2.44. The molecule has 1 aliphatic rings. The molecule has 0 aliphatic heterocycles. The number of carbonyl (C=O) groups is 2. The van der Waals surface area contributed by atoms with Crippen molar-refractivity contribution in [2.24, 2.45) is 5.92 Å². The Balaban J connectivity index is 2.02. The number of Topliss-reactive ketones (excluding diaryl/α,β-unsaturated/α-hetero) is 1. The number of furan rings is 1. The lowest BCUT2D eigenvalue weighted by molar-refractivity contribution is -0.145. The van der Waals surface area contributed by atoms with Gasteiger partial charge in [-0.25, -0.2) is 0 Å². The summed E-state index contributed by atoms with van der Waals surface area (Å²) in [4.78, 5) is 23.8. The van der Waals surface area contributed by atoms with E-state index in [2.05, 4.69) is 0 Å². The Hall–Kier alpha value is -2.10. The van der Waals surface area contributed by atoms with Crippen LogP contribution in [0.1, 0.15) is 23.0 Å². The van der Waals surface area contributed by atoms with Crippen molar-refractivity contribution in [3.05, 3.63) is 35.6 Å². The van der Waals surface area contributed by atoms with Gasteiger partial charge >= 0.3 is 5.97 Å². The fourth-order valence-corrected chi connectivity index (χ4v) is 2.39. The van der Waals surface area contributed by atoms with E-state index >= 15 is 0 Å². The molecule has 0 saturated heterocycles. The number of hydrogen-bond acceptors (Lipinski definition) is 4. The number of ketones is 1. The van der Waals surface area contributed by atoms with Crippen LogP contribution >= 0.6 is 0 Å². The summed E-state index contributed by atoms with van der Waals surface area (Å²) < 4.78 is 10.4. The van der Waals surface area contributed by atoms with Gasteiger partial charge in [-0.3, -0.25) is 9.59 Å². The van der Waals surface area contributed by atoms with E-state index in [0.717, 1.165) is 10.9 Å². The first kappa shape index (κ1) is 11.0. The van der Waals surface area contributed by atoms with Gasteiger partial charge in [0.2, 0.25) is 5.78 Å². The van der Waals surface area contributed by atoms with Crippen molar-refractivity contribution in [3.8, 4) is 0 Å². The Morgan fingerprint density at radius 1 is 1.44 bits per heavy atom. The normalized spacial score (nSPS) is 18.1. The number of hydrogen-bond donors (Lipinski definition) is 0. The fraction of sp³-hybridized carbons (Fsp3) is 0.286. The van der Waals surface area contributed by atoms with Crippen molar-refractivity contribution in [1.29, 1.82) is 0 Å². The average Bonchev–Trinajstić information content (AvgIpc) is 2.88. The predicted octanol–water partition coefficient (Wildman–Crippen LogP) is 2.35. The molecule has 0 spiro atoms. The SMILES string of the molecule is CCOC(=O)C1Cc2c(oc3ccccc23)C1=O. The van der Waals surface area contributed by atoms with Gasteiger partial charge in [0.25, 0.3) is 0 Å². The molecule has 92 valence electrons. The van der Waals surface area contributed by atoms with Gasteiger partial charge < -0.3 is 9.15 Å². The Morgan fingerprint density at radius 3 is 3.00 bits per heavy atom. The first-order chi connectivity index (χ1) is 8.72. The van der Waals surface area contributed by atoms with Gasteiger partial charge in [0.1, 0.15) is 11.5 Å². The van der Waals surface area contributed by atoms with E-state index in [1.165, 1.54) is 0 Å². The van der Waals surface area contributed by atoms with Crippen LogP contribution in [0.2, 0.25) is 0 Å². The number of benzene rings is 1. The highest BCUT2D eigenvalue weighted by Crippen LogP contribution is 2.35. The zero-order chi connectivity index (χ0) is 12.7. The summed E-state index contributed by atoms with van der Waals surface area (Å²) in [5.41, 5.74) is 1.52. The monoisotopic (exact) mass is 244 g/mol. The van der Waals surface area contributed by atoms with E-state index in [4.69, 9.17) is 9.15 Å². The summed E-state index contributed by atoms with van der Waals surface area (Å²) in [5, 5.41) is 0.910. The van der Waals surface area contributed by atoms with Crippen molar-refractivity contribution in [3.63, 3.8) is 0 Å². The highest BCUT2D eigenvalue weighted by molar-refractivity contribution is 6.13. The number of para-hydroxylation sites is 1. The molecular formula is C14H12O4. The van der Waals surface area contributed by atoms with Crippen molar-refractivity contribution in [2.75, 3.05) is 6.61 Å². The Morgan fingerprint density at radius 2 is 2.22 bits per heavy atom. The summed E-state index contributed by atoms with van der Waals surface area (Å²) in [5.74, 6) is -1.14. The van der Waals surface area contributed by atoms with Crippen molar-refractivity contribution < 1.29 is 18.7 Å². The van der Waals surface area contributed by atoms with Crippen LogP contribution in [-0.2, 0) is 16.0 Å². The van der Waals surface area contributed by atoms with E-state index in [0.29, 0.717) is 17.8 Å². The van der Waals surface area contributed by atoms with E-state index in [1.807, 2.05) is 24.3 Å². The lowest BCUT2D eigenvalue weighted by Gasteiger charge is -2.06. The topological polar surface area (TPSA) is 56.5 Å². The maximum absolute atomic E-state index is 12.1. The van der Waals surface area contributed by atoms with Crippen molar-refractivity contribution >= 4 is 22.7 Å². The summed E-state index contributed by atoms with van der Waals surface area (Å²) >= 11 is 0. The van der Waals surface area contributed by atoms with Crippen molar-refractivity contribution in [2.45, 2.75) is 13.3 Å². The minimum atomic E-state index is -0.733. The molecule has 1 heterocycles. The number of esters is 1. The minimum absolute atomic E-state index is 0.264. The molecule has 0 radical (unpaired) electrons. The van der Waals surface area contributed by atoms with E-state index in [-0.39, 0.29) is 12.4 Å². The molecule has 18 heavy (non-hydrogen) atoms.